The summed E-state index contributed by atoms with van der Waals surface area (Å²) in [6.45, 7) is 12.7. The van der Waals surface area contributed by atoms with Crippen molar-refractivity contribution < 1.29 is 19.1 Å². The normalized spacial score (nSPS) is 18.9. The van der Waals surface area contributed by atoms with Gasteiger partial charge in [0.15, 0.2) is 0 Å². The predicted octanol–water partition coefficient (Wildman–Crippen LogP) is 3.40. The summed E-state index contributed by atoms with van der Waals surface area (Å²) in [6, 6.07) is 10.3. The van der Waals surface area contributed by atoms with Crippen LogP contribution < -0.4 is 5.32 Å². The second kappa shape index (κ2) is 11.9. The minimum Gasteiger partial charge on any atom is -0.444 e. The highest BCUT2D eigenvalue weighted by molar-refractivity contribution is 5.84. The van der Waals surface area contributed by atoms with Crippen LogP contribution in [0.2, 0.25) is 0 Å². The lowest BCUT2D eigenvalue weighted by Crippen LogP contribution is -2.60. The number of carbonyl (C=O) groups is 3. The first-order valence-electron chi connectivity index (χ1n) is 12.9. The topological polar surface area (TPSA) is 82.2 Å². The van der Waals surface area contributed by atoms with Crippen molar-refractivity contribution in [1.82, 2.24) is 20.0 Å². The lowest BCUT2D eigenvalue weighted by atomic mass is 10.1. The number of carbonyl (C=O) groups excluding carboxylic acids is 3. The summed E-state index contributed by atoms with van der Waals surface area (Å²) < 4.78 is 5.70. The number of hydrogen-bond donors (Lipinski definition) is 1. The van der Waals surface area contributed by atoms with Gasteiger partial charge in [-0.2, -0.15) is 0 Å². The molecule has 1 aliphatic carbocycles. The third-order valence-corrected chi connectivity index (χ3v) is 6.30. The van der Waals surface area contributed by atoms with E-state index in [4.69, 9.17) is 4.74 Å². The molecule has 1 aromatic carbocycles. The van der Waals surface area contributed by atoms with E-state index in [9.17, 15) is 14.4 Å². The van der Waals surface area contributed by atoms with E-state index in [0.29, 0.717) is 25.7 Å². The Morgan fingerprint density at radius 1 is 1.09 bits per heavy atom. The van der Waals surface area contributed by atoms with Crippen LogP contribution in [0.3, 0.4) is 0 Å². The Morgan fingerprint density at radius 3 is 2.37 bits per heavy atom. The molecule has 8 heteroatoms. The molecule has 1 aromatic rings. The molecule has 3 amide bonds. The minimum absolute atomic E-state index is 0.0426. The average Bonchev–Trinajstić information content (AvgIpc) is 3.59. The molecule has 2 aliphatic rings. The van der Waals surface area contributed by atoms with Crippen molar-refractivity contribution in [3.05, 3.63) is 35.9 Å². The molecular weight excluding hydrogens is 444 g/mol. The molecule has 194 valence electrons. The van der Waals surface area contributed by atoms with E-state index in [0.717, 1.165) is 25.9 Å². The van der Waals surface area contributed by atoms with Gasteiger partial charge in [0.25, 0.3) is 0 Å². The fourth-order valence-corrected chi connectivity index (χ4v) is 4.34. The maximum atomic E-state index is 13.1. The highest BCUT2D eigenvalue weighted by Gasteiger charge is 2.36. The van der Waals surface area contributed by atoms with Gasteiger partial charge in [-0.25, -0.2) is 4.79 Å². The van der Waals surface area contributed by atoms with Crippen molar-refractivity contribution >= 4 is 17.9 Å². The summed E-state index contributed by atoms with van der Waals surface area (Å²) >= 11 is 0. The van der Waals surface area contributed by atoms with E-state index in [-0.39, 0.29) is 42.8 Å². The fourth-order valence-electron chi connectivity index (χ4n) is 4.34. The second-order valence-corrected chi connectivity index (χ2v) is 11.0. The molecule has 8 nitrogen and oxygen atoms in total. The molecule has 1 N–H and O–H groups in total. The summed E-state index contributed by atoms with van der Waals surface area (Å²) in [5.74, 6) is -0.123. The first-order chi connectivity index (χ1) is 16.5. The van der Waals surface area contributed by atoms with Gasteiger partial charge in [0.2, 0.25) is 11.8 Å². The van der Waals surface area contributed by atoms with Gasteiger partial charge in [-0.1, -0.05) is 30.3 Å². The monoisotopic (exact) mass is 486 g/mol. The third-order valence-electron chi connectivity index (χ3n) is 6.30. The zero-order chi connectivity index (χ0) is 25.6. The largest absolute Gasteiger partial charge is 0.444 e. The van der Waals surface area contributed by atoms with Crippen LogP contribution in [0.15, 0.2) is 30.3 Å². The lowest BCUT2D eigenvalue weighted by molar-refractivity contribution is -0.136. The molecule has 3 rings (SSSR count). The van der Waals surface area contributed by atoms with Crippen LogP contribution in [0.1, 0.15) is 65.9 Å². The van der Waals surface area contributed by atoms with Crippen LogP contribution in [0, 0.1) is 0 Å². The van der Waals surface area contributed by atoms with Crippen LogP contribution in [-0.2, 0) is 20.9 Å². The molecular formula is C27H42N4O4. The number of nitrogens with zero attached hydrogens (tertiary/aromatic N) is 3. The van der Waals surface area contributed by atoms with Gasteiger partial charge in [0.1, 0.15) is 5.60 Å². The van der Waals surface area contributed by atoms with Crippen molar-refractivity contribution in [1.29, 1.82) is 0 Å². The number of amides is 3. The standard InChI is InChI=1S/C27H42N4O4/c1-20(2)31(25(33)14-13-24(32)28-22-11-12-22)19-23-18-29(17-21-9-7-6-8-10-21)15-16-30(23)26(34)35-27(3,4)5/h6-10,20,22-23H,11-19H2,1-5H3,(H,28,32)/t23-/m0/s1. The highest BCUT2D eigenvalue weighted by atomic mass is 16.6. The van der Waals surface area contributed by atoms with Gasteiger partial charge in [0, 0.05) is 57.6 Å². The summed E-state index contributed by atoms with van der Waals surface area (Å²) in [5.41, 5.74) is 0.626. The zero-order valence-electron chi connectivity index (χ0n) is 22.0. The van der Waals surface area contributed by atoms with Crippen molar-refractivity contribution in [3.63, 3.8) is 0 Å². The molecule has 0 spiro atoms. The van der Waals surface area contributed by atoms with Crippen molar-refractivity contribution in [3.8, 4) is 0 Å². The Kier molecular flexibility index (Phi) is 9.16. The van der Waals surface area contributed by atoms with Gasteiger partial charge in [-0.3, -0.25) is 14.5 Å². The third kappa shape index (κ3) is 8.84. The molecule has 1 heterocycles. The van der Waals surface area contributed by atoms with Crippen LogP contribution in [0.25, 0.3) is 0 Å². The van der Waals surface area contributed by atoms with E-state index < -0.39 is 5.60 Å². The fraction of sp³-hybridized carbons (Fsp3) is 0.667. The van der Waals surface area contributed by atoms with E-state index in [1.54, 1.807) is 9.80 Å². The van der Waals surface area contributed by atoms with Crippen LogP contribution >= 0.6 is 0 Å². The maximum absolute atomic E-state index is 13.1. The molecule has 1 atom stereocenters. The molecule has 1 aliphatic heterocycles. The first kappa shape index (κ1) is 27.0. The van der Waals surface area contributed by atoms with Crippen molar-refractivity contribution in [2.24, 2.45) is 0 Å². The second-order valence-electron chi connectivity index (χ2n) is 11.0. The van der Waals surface area contributed by atoms with Crippen LogP contribution in [-0.4, -0.2) is 82.5 Å². The Labute approximate surface area is 210 Å². The number of rotatable bonds is 9. The average molecular weight is 487 g/mol. The van der Waals surface area contributed by atoms with Crippen molar-refractivity contribution in [2.45, 2.75) is 90.6 Å². The molecule has 0 radical (unpaired) electrons. The summed E-state index contributed by atoms with van der Waals surface area (Å²) in [4.78, 5) is 44.2. The van der Waals surface area contributed by atoms with Gasteiger partial charge >= 0.3 is 6.09 Å². The molecule has 0 aromatic heterocycles. The summed E-state index contributed by atoms with van der Waals surface area (Å²) in [6.07, 6.45) is 2.07. The Balaban J connectivity index is 1.68. The molecule has 2 fully saturated rings. The Hall–Kier alpha value is -2.61. The minimum atomic E-state index is -0.592. The van der Waals surface area contributed by atoms with Crippen molar-refractivity contribution in [2.75, 3.05) is 26.2 Å². The van der Waals surface area contributed by atoms with Gasteiger partial charge in [-0.05, 0) is 53.0 Å². The number of ether oxygens (including phenoxy) is 1. The van der Waals surface area contributed by atoms with Crippen LogP contribution in [0.4, 0.5) is 4.79 Å². The number of benzene rings is 1. The maximum Gasteiger partial charge on any atom is 0.410 e. The quantitative estimate of drug-likeness (QED) is 0.579. The number of nitrogens with one attached hydrogen (secondary N) is 1. The molecule has 1 saturated carbocycles. The first-order valence-corrected chi connectivity index (χ1v) is 12.9. The number of piperazine rings is 1. The molecule has 0 bridgehead atoms. The highest BCUT2D eigenvalue weighted by Crippen LogP contribution is 2.21. The Morgan fingerprint density at radius 2 is 1.77 bits per heavy atom. The molecule has 35 heavy (non-hydrogen) atoms. The SMILES string of the molecule is CC(C)N(C[C@@H]1CN(Cc2ccccc2)CCN1C(=O)OC(C)(C)C)C(=O)CCC(=O)NC1CC1. The lowest BCUT2D eigenvalue weighted by Gasteiger charge is -2.44. The summed E-state index contributed by atoms with van der Waals surface area (Å²) in [7, 11) is 0. The van der Waals surface area contributed by atoms with Gasteiger partial charge < -0.3 is 19.9 Å². The van der Waals surface area contributed by atoms with E-state index in [1.165, 1.54) is 5.56 Å². The van der Waals surface area contributed by atoms with E-state index in [2.05, 4.69) is 22.3 Å². The smallest absolute Gasteiger partial charge is 0.410 e. The molecule has 0 unspecified atom stereocenters. The summed E-state index contributed by atoms with van der Waals surface area (Å²) in [5, 5.41) is 2.95. The van der Waals surface area contributed by atoms with Gasteiger partial charge in [0.05, 0.1) is 6.04 Å². The van der Waals surface area contributed by atoms with E-state index in [1.807, 2.05) is 52.8 Å². The van der Waals surface area contributed by atoms with E-state index >= 15 is 0 Å². The number of hydrogen-bond acceptors (Lipinski definition) is 5. The molecule has 1 saturated heterocycles. The Bertz CT molecular complexity index is 864. The zero-order valence-corrected chi connectivity index (χ0v) is 22.0. The van der Waals surface area contributed by atoms with Gasteiger partial charge in [-0.15, -0.1) is 0 Å². The van der Waals surface area contributed by atoms with Crippen LogP contribution in [0.5, 0.6) is 0 Å². The predicted molar refractivity (Wildman–Crippen MR) is 136 cm³/mol.